The molecule has 0 aromatic rings. The van der Waals surface area contributed by atoms with E-state index < -0.39 is 5.97 Å². The molecule has 0 saturated carbocycles. The molecule has 0 unspecified atom stereocenters. The summed E-state index contributed by atoms with van der Waals surface area (Å²) in [7, 11) is 0. The van der Waals surface area contributed by atoms with Gasteiger partial charge in [-0.05, 0) is 5.92 Å². The van der Waals surface area contributed by atoms with E-state index in [0.717, 1.165) is 6.42 Å². The molecule has 0 aromatic heterocycles. The molecule has 0 aliphatic heterocycles. The summed E-state index contributed by atoms with van der Waals surface area (Å²) in [6, 6.07) is 0. The van der Waals surface area contributed by atoms with Gasteiger partial charge >= 0.3 is 5.97 Å². The molecule has 0 heterocycles. The normalized spacial score (nSPS) is 12.5. The molecule has 11 heavy (non-hydrogen) atoms. The van der Waals surface area contributed by atoms with Gasteiger partial charge in [0, 0.05) is 6.42 Å². The number of carbonyl (C=O) groups excluding carboxylic acids is 1. The van der Waals surface area contributed by atoms with Crippen LogP contribution < -0.4 is 0 Å². The molecular weight excluding hydrogens is 144 g/mol. The van der Waals surface area contributed by atoms with Crippen LogP contribution in [0.25, 0.3) is 0 Å². The van der Waals surface area contributed by atoms with Gasteiger partial charge in [0.05, 0.1) is 0 Å². The molecule has 1 N–H and O–H groups in total. The first-order valence-electron chi connectivity index (χ1n) is 3.79. The summed E-state index contributed by atoms with van der Waals surface area (Å²) in [5.41, 5.74) is 0. The molecule has 0 radical (unpaired) electrons. The maximum absolute atomic E-state index is 10.8. The summed E-state index contributed by atoms with van der Waals surface area (Å²) in [5, 5.41) is 8.25. The fourth-order valence-corrected chi connectivity index (χ4v) is 0.774. The van der Waals surface area contributed by atoms with Gasteiger partial charge in [0.25, 0.3) is 0 Å². The maximum Gasteiger partial charge on any atom is 0.310 e. The average molecular weight is 158 g/mol. The molecule has 0 aliphatic carbocycles. The second kappa shape index (κ2) is 4.88. The zero-order valence-electron chi connectivity index (χ0n) is 6.96. The second-order valence-corrected chi connectivity index (χ2v) is 2.83. The predicted molar refractivity (Wildman–Crippen MR) is 41.3 cm³/mol. The van der Waals surface area contributed by atoms with Crippen molar-refractivity contribution in [2.24, 2.45) is 5.92 Å². The highest BCUT2D eigenvalue weighted by molar-refractivity contribution is 5.94. The summed E-state index contributed by atoms with van der Waals surface area (Å²) in [5.74, 6) is -0.896. The quantitative estimate of drug-likeness (QED) is 0.616. The van der Waals surface area contributed by atoms with Crippen molar-refractivity contribution < 1.29 is 14.7 Å². The fourth-order valence-electron chi connectivity index (χ4n) is 0.774. The van der Waals surface area contributed by atoms with Crippen LogP contribution >= 0.6 is 0 Å². The van der Waals surface area contributed by atoms with E-state index in [9.17, 15) is 9.59 Å². The Labute approximate surface area is 66.4 Å². The minimum atomic E-state index is -1.03. The van der Waals surface area contributed by atoms with E-state index in [1.807, 2.05) is 13.8 Å². The largest absolute Gasteiger partial charge is 0.481 e. The maximum atomic E-state index is 10.8. The molecule has 0 aromatic carbocycles. The predicted octanol–water partition coefficient (Wildman–Crippen LogP) is 1.47. The highest BCUT2D eigenvalue weighted by atomic mass is 16.4. The number of hydrogen-bond donors (Lipinski definition) is 1. The summed E-state index contributed by atoms with van der Waals surface area (Å²) in [6.07, 6.45) is 0.985. The third-order valence-electron chi connectivity index (χ3n) is 1.62. The Bertz CT molecular complexity index is 151. The van der Waals surface area contributed by atoms with Crippen molar-refractivity contribution in [1.82, 2.24) is 0 Å². The number of ketones is 1. The monoisotopic (exact) mass is 158 g/mol. The molecule has 0 aliphatic rings. The van der Waals surface area contributed by atoms with Crippen LogP contribution in [0, 0.1) is 5.92 Å². The van der Waals surface area contributed by atoms with Crippen LogP contribution in [0.15, 0.2) is 0 Å². The zero-order valence-corrected chi connectivity index (χ0v) is 6.96. The van der Waals surface area contributed by atoms with Gasteiger partial charge in [0.2, 0.25) is 0 Å². The van der Waals surface area contributed by atoms with Crippen LogP contribution in [0.2, 0.25) is 0 Å². The number of carboxylic acid groups (broad SMARTS) is 1. The number of aliphatic carboxylic acids is 1. The molecule has 0 saturated heterocycles. The Kier molecular flexibility index (Phi) is 4.50. The lowest BCUT2D eigenvalue weighted by molar-refractivity contribution is -0.140. The summed E-state index contributed by atoms with van der Waals surface area (Å²) < 4.78 is 0. The first-order chi connectivity index (χ1) is 5.06. The van der Waals surface area contributed by atoms with E-state index in [4.69, 9.17) is 5.11 Å². The van der Waals surface area contributed by atoms with Crippen molar-refractivity contribution in [3.8, 4) is 0 Å². The van der Waals surface area contributed by atoms with Crippen molar-refractivity contribution >= 4 is 11.8 Å². The van der Waals surface area contributed by atoms with E-state index in [0.29, 0.717) is 12.3 Å². The van der Waals surface area contributed by atoms with Crippen LogP contribution in [-0.2, 0) is 9.59 Å². The first-order valence-corrected chi connectivity index (χ1v) is 3.79. The van der Waals surface area contributed by atoms with E-state index >= 15 is 0 Å². The van der Waals surface area contributed by atoms with Gasteiger partial charge in [-0.2, -0.15) is 0 Å². The van der Waals surface area contributed by atoms with Gasteiger partial charge in [0.1, 0.15) is 12.2 Å². The molecule has 0 spiro atoms. The molecule has 3 heteroatoms. The highest BCUT2D eigenvalue weighted by Crippen LogP contribution is 2.07. The molecule has 3 nitrogen and oxygen atoms in total. The van der Waals surface area contributed by atoms with E-state index in [2.05, 4.69) is 0 Å². The topological polar surface area (TPSA) is 54.4 Å². The Balaban J connectivity index is 3.60. The van der Waals surface area contributed by atoms with E-state index in [1.165, 1.54) is 0 Å². The molecular formula is C8H14O3. The molecule has 0 bridgehead atoms. The zero-order chi connectivity index (χ0) is 8.85. The number of rotatable bonds is 5. The van der Waals surface area contributed by atoms with Crippen LogP contribution in [0.3, 0.4) is 0 Å². The fraction of sp³-hybridized carbons (Fsp3) is 0.750. The Morgan fingerprint density at radius 3 is 2.36 bits per heavy atom. The van der Waals surface area contributed by atoms with Crippen LogP contribution in [-0.4, -0.2) is 16.9 Å². The molecule has 1 atom stereocenters. The van der Waals surface area contributed by atoms with E-state index in [1.54, 1.807) is 0 Å². The standard InChI is InChI=1S/C8H14O3/c1-3-6(2)4-7(9)5-8(10)11/h6H,3-5H2,1-2H3,(H,10,11)/t6-/m1/s1. The van der Waals surface area contributed by atoms with Crippen molar-refractivity contribution in [2.75, 3.05) is 0 Å². The average Bonchev–Trinajstić information content (AvgIpc) is 1.85. The lowest BCUT2D eigenvalue weighted by Gasteiger charge is -2.04. The third kappa shape index (κ3) is 5.58. The number of Topliss-reactive ketones (excluding diaryl/α,β-unsaturated/α-hetero) is 1. The molecule has 64 valence electrons. The Hall–Kier alpha value is -0.860. The van der Waals surface area contributed by atoms with Gasteiger partial charge in [-0.25, -0.2) is 0 Å². The highest BCUT2D eigenvalue weighted by Gasteiger charge is 2.10. The number of hydrogen-bond acceptors (Lipinski definition) is 2. The van der Waals surface area contributed by atoms with Crippen molar-refractivity contribution in [3.05, 3.63) is 0 Å². The lowest BCUT2D eigenvalue weighted by atomic mass is 10.0. The minimum absolute atomic E-state index is 0.174. The van der Waals surface area contributed by atoms with Crippen molar-refractivity contribution in [3.63, 3.8) is 0 Å². The second-order valence-electron chi connectivity index (χ2n) is 2.83. The summed E-state index contributed by atoms with van der Waals surface area (Å²) >= 11 is 0. The number of carboxylic acids is 1. The van der Waals surface area contributed by atoms with Crippen LogP contribution in [0.5, 0.6) is 0 Å². The van der Waals surface area contributed by atoms with Crippen LogP contribution in [0.1, 0.15) is 33.1 Å². The van der Waals surface area contributed by atoms with Crippen molar-refractivity contribution in [1.29, 1.82) is 0 Å². The molecule has 0 amide bonds. The molecule has 0 rings (SSSR count). The SMILES string of the molecule is CC[C@@H](C)CC(=O)CC(=O)O. The summed E-state index contributed by atoms with van der Waals surface area (Å²) in [4.78, 5) is 20.9. The Morgan fingerprint density at radius 1 is 1.45 bits per heavy atom. The number of carbonyl (C=O) groups is 2. The van der Waals surface area contributed by atoms with Gasteiger partial charge < -0.3 is 5.11 Å². The van der Waals surface area contributed by atoms with Crippen LogP contribution in [0.4, 0.5) is 0 Å². The van der Waals surface area contributed by atoms with Gasteiger partial charge in [-0.15, -0.1) is 0 Å². The van der Waals surface area contributed by atoms with Gasteiger partial charge in [-0.1, -0.05) is 20.3 Å². The minimum Gasteiger partial charge on any atom is -0.481 e. The Morgan fingerprint density at radius 2 is 2.00 bits per heavy atom. The third-order valence-corrected chi connectivity index (χ3v) is 1.62. The van der Waals surface area contributed by atoms with E-state index in [-0.39, 0.29) is 12.2 Å². The van der Waals surface area contributed by atoms with Crippen molar-refractivity contribution in [2.45, 2.75) is 33.1 Å². The lowest BCUT2D eigenvalue weighted by Crippen LogP contribution is -2.09. The smallest absolute Gasteiger partial charge is 0.310 e. The van der Waals surface area contributed by atoms with Gasteiger partial charge in [-0.3, -0.25) is 9.59 Å². The first kappa shape index (κ1) is 10.1. The van der Waals surface area contributed by atoms with Gasteiger partial charge in [0.15, 0.2) is 0 Å². The molecule has 0 fully saturated rings. The summed E-state index contributed by atoms with van der Waals surface area (Å²) in [6.45, 7) is 3.93.